The van der Waals surface area contributed by atoms with Gasteiger partial charge < -0.3 is 19.3 Å². The maximum Gasteiger partial charge on any atom is 0.225 e. The first-order chi connectivity index (χ1) is 11.7. The van der Waals surface area contributed by atoms with E-state index in [1.165, 1.54) is 11.3 Å². The molecule has 1 aromatic heterocycles. The van der Waals surface area contributed by atoms with Crippen LogP contribution in [0.5, 0.6) is 0 Å². The van der Waals surface area contributed by atoms with Crippen molar-refractivity contribution < 1.29 is 9.47 Å². The third kappa shape index (κ3) is 3.03. The highest BCUT2D eigenvalue weighted by molar-refractivity contribution is 5.38. The Morgan fingerprint density at radius 2 is 2.04 bits per heavy atom. The van der Waals surface area contributed by atoms with Gasteiger partial charge in [0.25, 0.3) is 0 Å². The molecule has 6 heteroatoms. The molecule has 3 aliphatic rings. The quantitative estimate of drug-likeness (QED) is 0.835. The smallest absolute Gasteiger partial charge is 0.225 e. The largest absolute Gasteiger partial charge is 0.378 e. The van der Waals surface area contributed by atoms with E-state index in [1.54, 1.807) is 0 Å². The molecule has 0 unspecified atom stereocenters. The van der Waals surface area contributed by atoms with Gasteiger partial charge in [-0.15, -0.1) is 0 Å². The van der Waals surface area contributed by atoms with Gasteiger partial charge in [-0.2, -0.15) is 0 Å². The second-order valence-electron chi connectivity index (χ2n) is 7.80. The SMILES string of the molecule is CC(C)CN1CC[C@@]2(COCc3cnc(N4CCOCC4)nc32)C1. The Labute approximate surface area is 144 Å². The summed E-state index contributed by atoms with van der Waals surface area (Å²) in [7, 11) is 0. The maximum atomic E-state index is 5.93. The summed E-state index contributed by atoms with van der Waals surface area (Å²) in [6, 6.07) is 0. The third-order valence-corrected chi connectivity index (χ3v) is 5.34. The minimum atomic E-state index is 0.0481. The predicted molar refractivity (Wildman–Crippen MR) is 92.3 cm³/mol. The van der Waals surface area contributed by atoms with Crippen LogP contribution in [-0.2, 0) is 21.5 Å². The molecule has 0 N–H and O–H groups in total. The molecule has 0 aromatic carbocycles. The Balaban J connectivity index is 1.61. The topological polar surface area (TPSA) is 50.7 Å². The fraction of sp³-hybridized carbons (Fsp3) is 0.778. The number of rotatable bonds is 3. The van der Waals surface area contributed by atoms with Crippen molar-refractivity contribution in [1.82, 2.24) is 14.9 Å². The van der Waals surface area contributed by atoms with E-state index in [9.17, 15) is 0 Å². The Hall–Kier alpha value is -1.24. The molecule has 0 bridgehead atoms. The summed E-state index contributed by atoms with van der Waals surface area (Å²) >= 11 is 0. The van der Waals surface area contributed by atoms with Crippen molar-refractivity contribution in [2.45, 2.75) is 32.3 Å². The minimum absolute atomic E-state index is 0.0481. The second kappa shape index (κ2) is 6.58. The van der Waals surface area contributed by atoms with Gasteiger partial charge in [0.05, 0.1) is 37.5 Å². The lowest BCUT2D eigenvalue weighted by Gasteiger charge is -2.36. The molecule has 1 aromatic rings. The molecule has 4 rings (SSSR count). The second-order valence-corrected chi connectivity index (χ2v) is 7.80. The van der Waals surface area contributed by atoms with Gasteiger partial charge in [-0.3, -0.25) is 0 Å². The lowest BCUT2D eigenvalue weighted by Crippen LogP contribution is -2.42. The summed E-state index contributed by atoms with van der Waals surface area (Å²) in [5, 5.41) is 0. The van der Waals surface area contributed by atoms with Crippen LogP contribution in [0.3, 0.4) is 0 Å². The van der Waals surface area contributed by atoms with Crippen molar-refractivity contribution >= 4 is 5.95 Å². The lowest BCUT2D eigenvalue weighted by molar-refractivity contribution is 0.0500. The number of fused-ring (bicyclic) bond motifs is 2. The first kappa shape index (κ1) is 16.2. The zero-order valence-electron chi connectivity index (χ0n) is 14.8. The normalized spacial score (nSPS) is 27.9. The molecule has 1 atom stereocenters. The molecule has 3 aliphatic heterocycles. The van der Waals surface area contributed by atoms with Gasteiger partial charge in [-0.25, -0.2) is 9.97 Å². The molecule has 24 heavy (non-hydrogen) atoms. The lowest BCUT2D eigenvalue weighted by atomic mass is 9.80. The van der Waals surface area contributed by atoms with Crippen molar-refractivity contribution in [1.29, 1.82) is 0 Å². The first-order valence-electron chi connectivity index (χ1n) is 9.15. The Bertz CT molecular complexity index is 588. The highest BCUT2D eigenvalue weighted by Crippen LogP contribution is 2.39. The molecular weight excluding hydrogens is 304 g/mol. The van der Waals surface area contributed by atoms with E-state index in [-0.39, 0.29) is 5.41 Å². The van der Waals surface area contributed by atoms with Gasteiger partial charge in [0, 0.05) is 37.9 Å². The zero-order chi connectivity index (χ0) is 16.6. The number of nitrogens with zero attached hydrogens (tertiary/aromatic N) is 4. The Morgan fingerprint density at radius 1 is 1.21 bits per heavy atom. The summed E-state index contributed by atoms with van der Waals surface area (Å²) in [5.41, 5.74) is 2.45. The van der Waals surface area contributed by atoms with E-state index >= 15 is 0 Å². The number of ether oxygens (including phenoxy) is 2. The van der Waals surface area contributed by atoms with Crippen LogP contribution in [0.4, 0.5) is 5.95 Å². The summed E-state index contributed by atoms with van der Waals surface area (Å²) in [6.07, 6.45) is 3.12. The zero-order valence-corrected chi connectivity index (χ0v) is 14.8. The van der Waals surface area contributed by atoms with E-state index in [4.69, 9.17) is 14.5 Å². The van der Waals surface area contributed by atoms with E-state index < -0.39 is 0 Å². The maximum absolute atomic E-state index is 5.93. The molecule has 4 heterocycles. The van der Waals surface area contributed by atoms with Gasteiger partial charge in [0.2, 0.25) is 5.95 Å². The molecule has 6 nitrogen and oxygen atoms in total. The molecule has 0 amide bonds. The van der Waals surface area contributed by atoms with Crippen LogP contribution in [0.1, 0.15) is 31.5 Å². The number of likely N-dealkylation sites (tertiary alicyclic amines) is 1. The van der Waals surface area contributed by atoms with Crippen LogP contribution < -0.4 is 4.90 Å². The third-order valence-electron chi connectivity index (χ3n) is 5.34. The molecular formula is C18H28N4O2. The highest BCUT2D eigenvalue weighted by atomic mass is 16.5. The van der Waals surface area contributed by atoms with Crippen LogP contribution in [0.15, 0.2) is 6.20 Å². The molecule has 0 radical (unpaired) electrons. The average molecular weight is 332 g/mol. The van der Waals surface area contributed by atoms with Crippen molar-refractivity contribution in [2.75, 3.05) is 57.4 Å². The van der Waals surface area contributed by atoms with Crippen molar-refractivity contribution in [3.8, 4) is 0 Å². The van der Waals surface area contributed by atoms with Crippen LogP contribution >= 0.6 is 0 Å². The van der Waals surface area contributed by atoms with Crippen LogP contribution in [-0.4, -0.2) is 67.4 Å². The van der Waals surface area contributed by atoms with Gasteiger partial charge in [-0.05, 0) is 18.9 Å². The summed E-state index contributed by atoms with van der Waals surface area (Å²) < 4.78 is 11.4. The number of hydrogen-bond donors (Lipinski definition) is 0. The minimum Gasteiger partial charge on any atom is -0.378 e. The Morgan fingerprint density at radius 3 is 2.83 bits per heavy atom. The molecule has 132 valence electrons. The van der Waals surface area contributed by atoms with E-state index in [1.807, 2.05) is 6.20 Å². The van der Waals surface area contributed by atoms with Crippen molar-refractivity contribution in [3.05, 3.63) is 17.5 Å². The van der Waals surface area contributed by atoms with Crippen molar-refractivity contribution in [2.24, 2.45) is 5.92 Å². The summed E-state index contributed by atoms with van der Waals surface area (Å²) in [4.78, 5) is 14.5. The fourth-order valence-electron chi connectivity index (χ4n) is 4.24. The predicted octanol–water partition coefficient (Wildman–Crippen LogP) is 1.44. The molecule has 1 spiro atoms. The van der Waals surface area contributed by atoms with E-state index in [0.29, 0.717) is 12.5 Å². The van der Waals surface area contributed by atoms with Crippen LogP contribution in [0, 0.1) is 5.92 Å². The van der Waals surface area contributed by atoms with E-state index in [2.05, 4.69) is 28.6 Å². The van der Waals surface area contributed by atoms with Gasteiger partial charge in [0.15, 0.2) is 0 Å². The first-order valence-corrected chi connectivity index (χ1v) is 9.15. The summed E-state index contributed by atoms with van der Waals surface area (Å²) in [5.74, 6) is 1.55. The molecule has 2 fully saturated rings. The monoisotopic (exact) mass is 332 g/mol. The molecule has 0 saturated carbocycles. The highest BCUT2D eigenvalue weighted by Gasteiger charge is 2.45. The summed E-state index contributed by atoms with van der Waals surface area (Å²) in [6.45, 7) is 12.6. The van der Waals surface area contributed by atoms with Gasteiger partial charge in [-0.1, -0.05) is 13.8 Å². The van der Waals surface area contributed by atoms with Gasteiger partial charge >= 0.3 is 0 Å². The van der Waals surface area contributed by atoms with Crippen molar-refractivity contribution in [3.63, 3.8) is 0 Å². The van der Waals surface area contributed by atoms with E-state index in [0.717, 1.165) is 64.9 Å². The van der Waals surface area contributed by atoms with Gasteiger partial charge in [0.1, 0.15) is 0 Å². The fourth-order valence-corrected chi connectivity index (χ4v) is 4.24. The number of morpholine rings is 1. The molecule has 2 saturated heterocycles. The van der Waals surface area contributed by atoms with Crippen LogP contribution in [0.2, 0.25) is 0 Å². The number of hydrogen-bond acceptors (Lipinski definition) is 6. The average Bonchev–Trinajstić information content (AvgIpc) is 2.98. The standard InChI is InChI=1S/C18H28N4O2/c1-14(2)10-21-4-3-18(12-21)13-24-11-15-9-19-17(20-16(15)18)22-5-7-23-8-6-22/h9,14H,3-8,10-13H2,1-2H3/t18-/m0/s1. The van der Waals surface area contributed by atoms with Crippen LogP contribution in [0.25, 0.3) is 0 Å². The number of anilines is 1. The number of aromatic nitrogens is 2. The molecule has 0 aliphatic carbocycles. The Kier molecular flexibility index (Phi) is 4.45.